The molecule has 0 saturated carbocycles. The van der Waals surface area contributed by atoms with E-state index in [1.165, 1.54) is 26.6 Å². The number of furan rings is 1. The Kier molecular flexibility index (Phi) is 13.2. The number of hydrogen-bond donors (Lipinski definition) is 0. The Morgan fingerprint density at radius 1 is 0.677 bits per heavy atom. The molecule has 6 aromatic heterocycles. The number of aryl methyl sites for hydroxylation is 2. The second-order valence-electron chi connectivity index (χ2n) is 18.2. The minimum absolute atomic E-state index is 0. The van der Waals surface area contributed by atoms with Gasteiger partial charge in [0.15, 0.2) is 0 Å². The Morgan fingerprint density at radius 2 is 1.38 bits per heavy atom. The maximum Gasteiger partial charge on any atom is 0.144 e. The summed E-state index contributed by atoms with van der Waals surface area (Å²) in [6.45, 7) is 12.8. The van der Waals surface area contributed by atoms with Crippen molar-refractivity contribution in [3.8, 4) is 50.6 Å². The second kappa shape index (κ2) is 18.8. The molecule has 0 aliphatic rings. The molecule has 4 aromatic carbocycles. The predicted molar refractivity (Wildman–Crippen MR) is 266 cm³/mol. The van der Waals surface area contributed by atoms with Crippen molar-refractivity contribution in [1.82, 2.24) is 29.5 Å². The van der Waals surface area contributed by atoms with Crippen LogP contribution in [0.15, 0.2) is 144 Å². The van der Waals surface area contributed by atoms with E-state index < -0.39 is 13.3 Å². The molecule has 0 N–H and O–H groups in total. The largest absolute Gasteiger partial charge is 0.481 e. The molecule has 0 aliphatic heterocycles. The van der Waals surface area contributed by atoms with Gasteiger partial charge in [-0.05, 0) is 66.2 Å². The third kappa shape index (κ3) is 9.26. The van der Waals surface area contributed by atoms with Crippen molar-refractivity contribution in [1.29, 1.82) is 0 Å². The van der Waals surface area contributed by atoms with Gasteiger partial charge >= 0.3 is 154 Å². The number of pyridine rings is 4. The summed E-state index contributed by atoms with van der Waals surface area (Å²) in [7, 11) is 0. The van der Waals surface area contributed by atoms with Crippen LogP contribution in [-0.4, -0.2) is 42.8 Å². The molecule has 9 heteroatoms. The van der Waals surface area contributed by atoms with E-state index >= 15 is 0 Å². The number of benzene rings is 4. The molecular formula is C56H52GeIrN6O-2. The van der Waals surface area contributed by atoms with Crippen LogP contribution in [0, 0.1) is 26.1 Å². The number of fused-ring (bicyclic) bond motifs is 4. The van der Waals surface area contributed by atoms with Gasteiger partial charge in [-0.15, -0.1) is 6.07 Å². The van der Waals surface area contributed by atoms with E-state index in [0.717, 1.165) is 78.2 Å². The Morgan fingerprint density at radius 3 is 2.06 bits per heavy atom. The van der Waals surface area contributed by atoms with E-state index in [0.29, 0.717) is 11.6 Å². The monoisotopic (exact) mass is 1090 g/mol. The number of imidazole rings is 1. The molecule has 1 radical (unpaired) electrons. The molecule has 0 amide bonds. The zero-order valence-electron chi connectivity index (χ0n) is 38.4. The third-order valence-electron chi connectivity index (χ3n) is 11.8. The SMILES string of the molecule is CC(C)c1ccc(-c2cc(-c3[c-]cccc3)nc[c]2[Ge]([CH3])([CH3])[CH3])cc1.Cc1cc2c(oc3n[c-]c(-c4nc5cncc(C(C)C)c5n4-c4ccc(-c5ccccc5)cc4)cc32)c(C)n1.[Ir]. The maximum atomic E-state index is 6.07. The standard InChI is InChI=1S/C33H26N5O.C23H26GeN.Ir/c1-19(2)28-17-34-18-29-30(28)38(25-12-10-23(11-13-25)22-8-6-5-7-9-22)32(37-29)24-15-27-26-14-20(3)36-21(4)31(26)39-33(27)35-16-24;1-17(2)18-11-13-19(14-12-18)21-15-23(20-9-7-6-8-10-20)25-16-22(21)24(3,4)5;/h5-15,17-19H,1-4H3;6-9,11-17H,1-5H3;/q2*-1;. The van der Waals surface area contributed by atoms with Crippen LogP contribution in [0.25, 0.3) is 83.7 Å². The first-order valence-corrected chi connectivity index (χ1v) is 29.4. The Labute approximate surface area is 398 Å². The molecule has 0 spiro atoms. The van der Waals surface area contributed by atoms with Crippen LogP contribution in [0.5, 0.6) is 0 Å². The van der Waals surface area contributed by atoms with E-state index in [1.807, 2.05) is 56.6 Å². The Hall–Kier alpha value is -6.06. The molecular weight excluding hydrogens is 1040 g/mol. The first kappa shape index (κ1) is 45.5. The number of aromatic nitrogens is 6. The van der Waals surface area contributed by atoms with Gasteiger partial charge in [0.1, 0.15) is 11.3 Å². The fourth-order valence-corrected chi connectivity index (χ4v) is 11.5. The molecule has 7 nitrogen and oxygen atoms in total. The molecule has 0 atom stereocenters. The van der Waals surface area contributed by atoms with Gasteiger partial charge in [0, 0.05) is 43.1 Å². The van der Waals surface area contributed by atoms with Crippen LogP contribution in [0.4, 0.5) is 0 Å². The van der Waals surface area contributed by atoms with E-state index in [1.54, 1.807) is 0 Å². The average Bonchev–Trinajstić information content (AvgIpc) is 3.88. The summed E-state index contributed by atoms with van der Waals surface area (Å²) < 4.78 is 9.73. The van der Waals surface area contributed by atoms with Crippen molar-refractivity contribution in [3.05, 3.63) is 175 Å². The predicted octanol–water partition coefficient (Wildman–Crippen LogP) is 13.9. The van der Waals surface area contributed by atoms with Gasteiger partial charge in [0.2, 0.25) is 0 Å². The number of nitrogens with zero attached hydrogens (tertiary/aromatic N) is 6. The quantitative estimate of drug-likeness (QED) is 0.111. The normalized spacial score (nSPS) is 11.6. The second-order valence-corrected chi connectivity index (χ2v) is 28.8. The average molecular weight is 1090 g/mol. The van der Waals surface area contributed by atoms with Gasteiger partial charge in [0.05, 0.1) is 28.7 Å². The number of hydrogen-bond acceptors (Lipinski definition) is 6. The molecule has 0 aliphatic carbocycles. The Balaban J connectivity index is 0.000000192. The topological polar surface area (TPSA) is 82.5 Å². The fraction of sp³-hybridized carbons (Fsp3) is 0.196. The fourth-order valence-electron chi connectivity index (χ4n) is 8.42. The van der Waals surface area contributed by atoms with Crippen LogP contribution in [0.3, 0.4) is 0 Å². The molecule has 6 heterocycles. The van der Waals surface area contributed by atoms with Crippen LogP contribution >= 0.6 is 0 Å². The van der Waals surface area contributed by atoms with Crippen molar-refractivity contribution in [3.63, 3.8) is 0 Å². The van der Waals surface area contributed by atoms with Gasteiger partial charge < -0.3 is 14.0 Å². The van der Waals surface area contributed by atoms with Gasteiger partial charge in [-0.3, -0.25) is 15.0 Å². The van der Waals surface area contributed by atoms with Gasteiger partial charge in [-0.25, -0.2) is 0 Å². The number of rotatable bonds is 8. The smallest absolute Gasteiger partial charge is 0.144 e. The zero-order chi connectivity index (χ0) is 44.7. The maximum absolute atomic E-state index is 6.07. The van der Waals surface area contributed by atoms with Crippen molar-refractivity contribution in [2.24, 2.45) is 0 Å². The van der Waals surface area contributed by atoms with E-state index in [-0.39, 0.29) is 26.0 Å². The van der Waals surface area contributed by atoms with Crippen LogP contribution in [0.1, 0.15) is 62.0 Å². The van der Waals surface area contributed by atoms with Crippen molar-refractivity contribution in [2.45, 2.75) is 70.6 Å². The molecule has 65 heavy (non-hydrogen) atoms. The van der Waals surface area contributed by atoms with Crippen molar-refractivity contribution < 1.29 is 24.5 Å². The summed E-state index contributed by atoms with van der Waals surface area (Å²) in [6, 6.07) is 45.8. The van der Waals surface area contributed by atoms with Crippen molar-refractivity contribution in [2.75, 3.05) is 0 Å². The van der Waals surface area contributed by atoms with E-state index in [4.69, 9.17) is 14.4 Å². The summed E-state index contributed by atoms with van der Waals surface area (Å²) in [5.74, 6) is 8.87. The molecule has 0 unspecified atom stereocenters. The zero-order valence-corrected chi connectivity index (χ0v) is 42.9. The molecule has 10 rings (SSSR count). The molecule has 10 aromatic rings. The molecule has 0 bridgehead atoms. The van der Waals surface area contributed by atoms with Gasteiger partial charge in [-0.1, -0.05) is 61.9 Å². The van der Waals surface area contributed by atoms with Gasteiger partial charge in [0.25, 0.3) is 0 Å². The Bertz CT molecular complexity index is 3260. The van der Waals surface area contributed by atoms with E-state index in [9.17, 15) is 0 Å². The minimum atomic E-state index is -2.03. The first-order chi connectivity index (χ1) is 30.8. The molecule has 0 saturated heterocycles. The summed E-state index contributed by atoms with van der Waals surface area (Å²) in [5.41, 5.74) is 16.3. The summed E-state index contributed by atoms with van der Waals surface area (Å²) >= 11 is -2.03. The first-order valence-electron chi connectivity index (χ1n) is 22.0. The summed E-state index contributed by atoms with van der Waals surface area (Å²) in [4.78, 5) is 23.5. The van der Waals surface area contributed by atoms with Crippen molar-refractivity contribution >= 4 is 50.8 Å². The van der Waals surface area contributed by atoms with E-state index in [2.05, 4.69) is 174 Å². The van der Waals surface area contributed by atoms with Crippen LogP contribution < -0.4 is 4.40 Å². The minimum Gasteiger partial charge on any atom is -0.481 e. The van der Waals surface area contributed by atoms with Crippen LogP contribution in [-0.2, 0) is 20.1 Å². The molecule has 0 fully saturated rings. The van der Waals surface area contributed by atoms with Crippen LogP contribution in [0.2, 0.25) is 17.3 Å². The third-order valence-corrected chi connectivity index (χ3v) is 16.1. The summed E-state index contributed by atoms with van der Waals surface area (Å²) in [6.07, 6.45) is 9.10. The summed E-state index contributed by atoms with van der Waals surface area (Å²) in [5, 5.41) is 1.92. The molecule has 327 valence electrons. The van der Waals surface area contributed by atoms with Gasteiger partial charge in [-0.2, -0.15) is 0 Å².